The summed E-state index contributed by atoms with van der Waals surface area (Å²) in [4.78, 5) is 55.6. The van der Waals surface area contributed by atoms with Crippen molar-refractivity contribution in [3.8, 4) is 0 Å². The molecule has 0 bridgehead atoms. The van der Waals surface area contributed by atoms with Crippen molar-refractivity contribution >= 4 is 29.7 Å². The van der Waals surface area contributed by atoms with E-state index in [9.17, 15) is 24.0 Å². The Hall–Kier alpha value is -2.73. The SMILES string of the molecule is N[C@@H](CC(=O)O)C(=O)N[C@@H](CCC(=O)O)C(=O)N[C@@H](CO)C(=O)O. The smallest absolute Gasteiger partial charge is 0.328 e. The van der Waals surface area contributed by atoms with Gasteiger partial charge in [-0.1, -0.05) is 0 Å². The highest BCUT2D eigenvalue weighted by Crippen LogP contribution is 2.01. The number of aliphatic hydroxyl groups excluding tert-OH is 1. The summed E-state index contributed by atoms with van der Waals surface area (Å²) in [6, 6.07) is -4.58. The van der Waals surface area contributed by atoms with Crippen LogP contribution in [0, 0.1) is 0 Å². The molecule has 0 saturated heterocycles. The summed E-state index contributed by atoms with van der Waals surface area (Å²) in [6.45, 7) is -0.917. The monoisotopic (exact) mass is 349 g/mol. The van der Waals surface area contributed by atoms with Crippen molar-refractivity contribution < 1.29 is 44.4 Å². The van der Waals surface area contributed by atoms with Gasteiger partial charge >= 0.3 is 17.9 Å². The van der Waals surface area contributed by atoms with Crippen LogP contribution in [0.5, 0.6) is 0 Å². The molecule has 12 nitrogen and oxygen atoms in total. The number of carboxylic acids is 3. The Morgan fingerprint density at radius 1 is 0.875 bits per heavy atom. The zero-order chi connectivity index (χ0) is 18.9. The number of aliphatic carboxylic acids is 3. The molecule has 0 spiro atoms. The molecular weight excluding hydrogens is 330 g/mol. The summed E-state index contributed by atoms with van der Waals surface area (Å²) in [5, 5.41) is 38.8. The summed E-state index contributed by atoms with van der Waals surface area (Å²) in [5.41, 5.74) is 5.32. The Balaban J connectivity index is 4.98. The Morgan fingerprint density at radius 3 is 1.83 bits per heavy atom. The fourth-order valence-corrected chi connectivity index (χ4v) is 1.55. The number of hydrogen-bond donors (Lipinski definition) is 7. The van der Waals surface area contributed by atoms with Crippen molar-refractivity contribution in [3.05, 3.63) is 0 Å². The van der Waals surface area contributed by atoms with Crippen LogP contribution in [0.4, 0.5) is 0 Å². The summed E-state index contributed by atoms with van der Waals surface area (Å²) >= 11 is 0. The Bertz CT molecular complexity index is 508. The molecule has 0 rings (SSSR count). The molecular formula is C12H19N3O9. The lowest BCUT2D eigenvalue weighted by molar-refractivity contribution is -0.144. The van der Waals surface area contributed by atoms with Crippen LogP contribution < -0.4 is 16.4 Å². The number of hydrogen-bond acceptors (Lipinski definition) is 7. The molecule has 12 heteroatoms. The first-order valence-corrected chi connectivity index (χ1v) is 6.72. The highest BCUT2D eigenvalue weighted by molar-refractivity contribution is 5.93. The van der Waals surface area contributed by atoms with Crippen molar-refractivity contribution in [3.63, 3.8) is 0 Å². The highest BCUT2D eigenvalue weighted by atomic mass is 16.4. The normalized spacial score (nSPS) is 14.1. The van der Waals surface area contributed by atoms with Gasteiger partial charge in [0.2, 0.25) is 11.8 Å². The standard InChI is InChI=1S/C12H19N3O9/c13-5(3-9(19)20)10(21)14-6(1-2-8(17)18)11(22)15-7(4-16)12(23)24/h5-7,16H,1-4,13H2,(H,14,21)(H,15,22)(H,17,18)(H,19,20)(H,23,24)/t5-,6-,7-/m0/s1. The van der Waals surface area contributed by atoms with E-state index in [0.717, 1.165) is 0 Å². The Morgan fingerprint density at radius 2 is 1.42 bits per heavy atom. The van der Waals surface area contributed by atoms with Gasteiger partial charge in [0.25, 0.3) is 0 Å². The van der Waals surface area contributed by atoms with Gasteiger partial charge in [0.05, 0.1) is 19.1 Å². The lowest BCUT2D eigenvalue weighted by Gasteiger charge is -2.21. The minimum absolute atomic E-state index is 0.384. The largest absolute Gasteiger partial charge is 0.481 e. The molecule has 2 amide bonds. The molecule has 0 unspecified atom stereocenters. The Kier molecular flexibility index (Phi) is 8.97. The molecule has 3 atom stereocenters. The fraction of sp³-hybridized carbons (Fsp3) is 0.583. The Labute approximate surface area is 135 Å². The van der Waals surface area contributed by atoms with Crippen LogP contribution in [0.3, 0.4) is 0 Å². The number of rotatable bonds is 11. The zero-order valence-corrected chi connectivity index (χ0v) is 12.5. The lowest BCUT2D eigenvalue weighted by atomic mass is 10.1. The van der Waals surface area contributed by atoms with Gasteiger partial charge in [-0.3, -0.25) is 19.2 Å². The molecule has 0 aromatic carbocycles. The highest BCUT2D eigenvalue weighted by Gasteiger charge is 2.28. The van der Waals surface area contributed by atoms with E-state index in [-0.39, 0.29) is 6.42 Å². The van der Waals surface area contributed by atoms with E-state index in [1.54, 1.807) is 0 Å². The van der Waals surface area contributed by atoms with Crippen LogP contribution in [-0.2, 0) is 24.0 Å². The predicted octanol–water partition coefficient (Wildman–Crippen LogP) is -3.30. The molecule has 0 aliphatic carbocycles. The third-order valence-electron chi connectivity index (χ3n) is 2.81. The summed E-state index contributed by atoms with van der Waals surface area (Å²) < 4.78 is 0. The second-order valence-corrected chi connectivity index (χ2v) is 4.78. The summed E-state index contributed by atoms with van der Waals surface area (Å²) in [5.74, 6) is -6.21. The van der Waals surface area contributed by atoms with Gasteiger partial charge < -0.3 is 36.8 Å². The van der Waals surface area contributed by atoms with Crippen molar-refractivity contribution in [2.24, 2.45) is 5.73 Å². The van der Waals surface area contributed by atoms with Gasteiger partial charge in [0.1, 0.15) is 12.1 Å². The van der Waals surface area contributed by atoms with Crippen LogP contribution in [0.1, 0.15) is 19.3 Å². The van der Waals surface area contributed by atoms with Crippen molar-refractivity contribution in [2.45, 2.75) is 37.4 Å². The second-order valence-electron chi connectivity index (χ2n) is 4.78. The number of nitrogens with one attached hydrogen (secondary N) is 2. The van der Waals surface area contributed by atoms with E-state index >= 15 is 0 Å². The molecule has 0 aromatic rings. The maximum atomic E-state index is 12.0. The van der Waals surface area contributed by atoms with E-state index in [2.05, 4.69) is 5.32 Å². The average Bonchev–Trinajstić information content (AvgIpc) is 2.46. The van der Waals surface area contributed by atoms with E-state index in [1.165, 1.54) is 0 Å². The van der Waals surface area contributed by atoms with E-state index < -0.39 is 67.3 Å². The number of carboxylic acid groups (broad SMARTS) is 3. The first-order chi connectivity index (χ1) is 11.1. The molecule has 136 valence electrons. The number of nitrogens with two attached hydrogens (primary N) is 1. The molecule has 0 radical (unpaired) electrons. The van der Waals surface area contributed by atoms with Crippen LogP contribution in [0.2, 0.25) is 0 Å². The molecule has 0 aromatic heterocycles. The molecule has 0 fully saturated rings. The fourth-order valence-electron chi connectivity index (χ4n) is 1.55. The topological polar surface area (TPSA) is 216 Å². The van der Waals surface area contributed by atoms with Crippen molar-refractivity contribution in [1.82, 2.24) is 10.6 Å². The average molecular weight is 349 g/mol. The third-order valence-corrected chi connectivity index (χ3v) is 2.81. The minimum Gasteiger partial charge on any atom is -0.481 e. The second kappa shape index (κ2) is 10.1. The van der Waals surface area contributed by atoms with Crippen molar-refractivity contribution in [2.75, 3.05) is 6.61 Å². The minimum atomic E-state index is -1.64. The molecule has 0 aliphatic heterocycles. The van der Waals surface area contributed by atoms with Crippen LogP contribution in [-0.4, -0.2) is 74.9 Å². The zero-order valence-electron chi connectivity index (χ0n) is 12.5. The first-order valence-electron chi connectivity index (χ1n) is 6.72. The number of amides is 2. The van der Waals surface area contributed by atoms with Crippen LogP contribution in [0.15, 0.2) is 0 Å². The first kappa shape index (κ1) is 21.3. The number of carbonyl (C=O) groups excluding carboxylic acids is 2. The summed E-state index contributed by atoms with van der Waals surface area (Å²) in [7, 11) is 0. The number of aliphatic hydroxyl groups is 1. The van der Waals surface area contributed by atoms with Gasteiger partial charge in [-0.2, -0.15) is 0 Å². The predicted molar refractivity (Wildman–Crippen MR) is 75.7 cm³/mol. The quantitative estimate of drug-likeness (QED) is 0.197. The van der Waals surface area contributed by atoms with Gasteiger partial charge in [0.15, 0.2) is 0 Å². The maximum Gasteiger partial charge on any atom is 0.328 e. The number of carbonyl (C=O) groups is 5. The van der Waals surface area contributed by atoms with E-state index in [4.69, 9.17) is 26.2 Å². The molecule has 0 aliphatic rings. The lowest BCUT2D eigenvalue weighted by Crippen LogP contribution is -2.55. The van der Waals surface area contributed by atoms with E-state index in [1.807, 2.05) is 5.32 Å². The van der Waals surface area contributed by atoms with Gasteiger partial charge in [0, 0.05) is 6.42 Å². The molecule has 8 N–H and O–H groups in total. The van der Waals surface area contributed by atoms with Crippen molar-refractivity contribution in [1.29, 1.82) is 0 Å². The molecule has 0 saturated carbocycles. The van der Waals surface area contributed by atoms with Crippen LogP contribution in [0.25, 0.3) is 0 Å². The van der Waals surface area contributed by atoms with Crippen LogP contribution >= 0.6 is 0 Å². The third kappa shape index (κ3) is 8.05. The van der Waals surface area contributed by atoms with Gasteiger partial charge in [-0.05, 0) is 6.42 Å². The maximum absolute atomic E-state index is 12.0. The van der Waals surface area contributed by atoms with E-state index in [0.29, 0.717) is 0 Å². The van der Waals surface area contributed by atoms with Gasteiger partial charge in [-0.25, -0.2) is 4.79 Å². The van der Waals surface area contributed by atoms with Gasteiger partial charge in [-0.15, -0.1) is 0 Å². The molecule has 0 heterocycles. The molecule has 24 heavy (non-hydrogen) atoms. The summed E-state index contributed by atoms with van der Waals surface area (Å²) in [6.07, 6.45) is -1.62.